The molecule has 1 atom stereocenters. The number of halogens is 2. The summed E-state index contributed by atoms with van der Waals surface area (Å²) < 4.78 is 37.6. The first kappa shape index (κ1) is 18.3. The second kappa shape index (κ2) is 7.52. The van der Waals surface area contributed by atoms with E-state index in [1.807, 2.05) is 29.2 Å². The number of rotatable bonds is 3. The van der Waals surface area contributed by atoms with Crippen LogP contribution in [0.1, 0.15) is 22.0 Å². The van der Waals surface area contributed by atoms with Crippen LogP contribution in [0.15, 0.2) is 48.5 Å². The number of hydrogen-bond donors (Lipinski definition) is 0. The van der Waals surface area contributed by atoms with E-state index >= 15 is 0 Å². The lowest BCUT2D eigenvalue weighted by Crippen LogP contribution is -2.39. The van der Waals surface area contributed by atoms with Crippen LogP contribution < -0.4 is 4.90 Å². The number of ether oxygens (including phenoxy) is 2. The number of carbonyl (C=O) groups is 1. The fraction of sp³-hybridized carbons (Fsp3) is 0.238. The number of para-hydroxylation sites is 1. The zero-order chi connectivity index (χ0) is 19.7. The summed E-state index contributed by atoms with van der Waals surface area (Å²) in [7, 11) is 1.32. The van der Waals surface area contributed by atoms with Crippen molar-refractivity contribution in [2.45, 2.75) is 6.10 Å². The molecule has 5 nitrogen and oxygen atoms in total. The lowest BCUT2D eigenvalue weighted by molar-refractivity contribution is 0.0389. The third kappa shape index (κ3) is 3.41. The summed E-state index contributed by atoms with van der Waals surface area (Å²) >= 11 is 0. The summed E-state index contributed by atoms with van der Waals surface area (Å²) in [6.07, 6.45) is -0.470. The zero-order valence-corrected chi connectivity index (χ0v) is 15.2. The minimum Gasteiger partial charge on any atom is -0.465 e. The first-order chi connectivity index (χ1) is 13.6. The molecule has 3 aromatic rings. The standard InChI is InChI=1S/C21H18F2N2O3/c1-27-21(26)15-10-13-4-2-3-5-18(13)24-20(15)25-8-9-28-19(12-25)14-6-7-16(22)17(23)11-14/h2-7,10-11,19H,8-9,12H2,1H3. The van der Waals surface area contributed by atoms with Crippen molar-refractivity contribution in [3.8, 4) is 0 Å². The predicted molar refractivity (Wildman–Crippen MR) is 100 cm³/mol. The molecule has 0 amide bonds. The van der Waals surface area contributed by atoms with E-state index in [-0.39, 0.29) is 0 Å². The van der Waals surface area contributed by atoms with Crippen molar-refractivity contribution in [3.05, 3.63) is 71.3 Å². The van der Waals surface area contributed by atoms with Crippen molar-refractivity contribution in [1.29, 1.82) is 0 Å². The van der Waals surface area contributed by atoms with Crippen molar-refractivity contribution >= 4 is 22.7 Å². The van der Waals surface area contributed by atoms with Gasteiger partial charge in [0.1, 0.15) is 17.5 Å². The number of esters is 1. The van der Waals surface area contributed by atoms with Gasteiger partial charge in [-0.25, -0.2) is 18.6 Å². The molecule has 1 saturated heterocycles. The van der Waals surface area contributed by atoms with Gasteiger partial charge in [-0.3, -0.25) is 0 Å². The van der Waals surface area contributed by atoms with E-state index in [1.54, 1.807) is 6.07 Å². The molecule has 1 aromatic heterocycles. The number of morpholine rings is 1. The first-order valence-corrected chi connectivity index (χ1v) is 8.86. The van der Waals surface area contributed by atoms with Gasteiger partial charge in [-0.2, -0.15) is 0 Å². The SMILES string of the molecule is COC(=O)c1cc2ccccc2nc1N1CCOC(c2ccc(F)c(F)c2)C1. The van der Waals surface area contributed by atoms with Gasteiger partial charge in [0.25, 0.3) is 0 Å². The number of anilines is 1. The Morgan fingerprint density at radius 3 is 2.79 bits per heavy atom. The first-order valence-electron chi connectivity index (χ1n) is 8.86. The molecule has 28 heavy (non-hydrogen) atoms. The van der Waals surface area contributed by atoms with E-state index in [9.17, 15) is 13.6 Å². The Kier molecular flexibility index (Phi) is 4.92. The van der Waals surface area contributed by atoms with Gasteiger partial charge in [0.15, 0.2) is 11.6 Å². The number of pyridine rings is 1. The number of aromatic nitrogens is 1. The topological polar surface area (TPSA) is 51.7 Å². The molecule has 1 unspecified atom stereocenters. The molecule has 1 aliphatic rings. The monoisotopic (exact) mass is 384 g/mol. The van der Waals surface area contributed by atoms with Gasteiger partial charge >= 0.3 is 5.97 Å². The lowest BCUT2D eigenvalue weighted by atomic mass is 10.1. The molecule has 0 radical (unpaired) electrons. The Balaban J connectivity index is 1.71. The van der Waals surface area contributed by atoms with Crippen LogP contribution in [0.2, 0.25) is 0 Å². The fourth-order valence-corrected chi connectivity index (χ4v) is 3.36. The van der Waals surface area contributed by atoms with Crippen LogP contribution in [0.3, 0.4) is 0 Å². The number of hydrogen-bond acceptors (Lipinski definition) is 5. The van der Waals surface area contributed by atoms with Crippen molar-refractivity contribution in [1.82, 2.24) is 4.98 Å². The van der Waals surface area contributed by atoms with Crippen molar-refractivity contribution in [2.24, 2.45) is 0 Å². The highest BCUT2D eigenvalue weighted by atomic mass is 19.2. The molecule has 2 heterocycles. The maximum atomic E-state index is 13.6. The van der Waals surface area contributed by atoms with Crippen LogP contribution >= 0.6 is 0 Å². The van der Waals surface area contributed by atoms with Crippen molar-refractivity contribution in [2.75, 3.05) is 31.7 Å². The number of benzene rings is 2. The second-order valence-corrected chi connectivity index (χ2v) is 6.52. The van der Waals surface area contributed by atoms with Gasteiger partial charge in [0.2, 0.25) is 0 Å². The fourth-order valence-electron chi connectivity index (χ4n) is 3.36. The van der Waals surface area contributed by atoms with Gasteiger partial charge in [-0.15, -0.1) is 0 Å². The number of carbonyl (C=O) groups excluding carboxylic acids is 1. The van der Waals surface area contributed by atoms with Crippen LogP contribution in [0, 0.1) is 11.6 Å². The molecule has 7 heteroatoms. The molecular formula is C21H18F2N2O3. The second-order valence-electron chi connectivity index (χ2n) is 6.52. The van der Waals surface area contributed by atoms with Gasteiger partial charge in [-0.05, 0) is 29.8 Å². The predicted octanol–water partition coefficient (Wildman–Crippen LogP) is 3.88. The van der Waals surface area contributed by atoms with Crippen LogP contribution in [-0.2, 0) is 9.47 Å². The molecule has 2 aromatic carbocycles. The van der Waals surface area contributed by atoms with Crippen LogP contribution in [0.25, 0.3) is 10.9 Å². The molecular weight excluding hydrogens is 366 g/mol. The average molecular weight is 384 g/mol. The molecule has 144 valence electrons. The summed E-state index contributed by atoms with van der Waals surface area (Å²) in [5, 5.41) is 0.831. The molecule has 0 saturated carbocycles. The highest BCUT2D eigenvalue weighted by Gasteiger charge is 2.27. The molecule has 0 spiro atoms. The summed E-state index contributed by atoms with van der Waals surface area (Å²) in [5.41, 5.74) is 1.64. The quantitative estimate of drug-likeness (QED) is 0.642. The molecule has 1 fully saturated rings. The third-order valence-electron chi connectivity index (χ3n) is 4.79. The van der Waals surface area contributed by atoms with Crippen LogP contribution in [0.4, 0.5) is 14.6 Å². The van der Waals surface area contributed by atoms with E-state index in [2.05, 4.69) is 4.98 Å². The number of nitrogens with zero attached hydrogens (tertiary/aromatic N) is 2. The van der Waals surface area contributed by atoms with E-state index in [4.69, 9.17) is 9.47 Å². The van der Waals surface area contributed by atoms with E-state index in [0.717, 1.165) is 23.0 Å². The van der Waals surface area contributed by atoms with Crippen molar-refractivity contribution in [3.63, 3.8) is 0 Å². The normalized spacial score (nSPS) is 17.0. The Morgan fingerprint density at radius 2 is 2.00 bits per heavy atom. The molecule has 4 rings (SSSR count). The highest BCUT2D eigenvalue weighted by molar-refractivity contribution is 5.99. The highest BCUT2D eigenvalue weighted by Crippen LogP contribution is 2.30. The van der Waals surface area contributed by atoms with E-state index in [0.29, 0.717) is 36.6 Å². The van der Waals surface area contributed by atoms with E-state index in [1.165, 1.54) is 13.2 Å². The molecule has 0 N–H and O–H groups in total. The number of methoxy groups -OCH3 is 1. The third-order valence-corrected chi connectivity index (χ3v) is 4.79. The van der Waals surface area contributed by atoms with Gasteiger partial charge in [-0.1, -0.05) is 24.3 Å². The van der Waals surface area contributed by atoms with E-state index < -0.39 is 23.7 Å². The van der Waals surface area contributed by atoms with Gasteiger partial charge < -0.3 is 14.4 Å². The minimum atomic E-state index is -0.919. The average Bonchev–Trinajstić information content (AvgIpc) is 2.74. The lowest BCUT2D eigenvalue weighted by Gasteiger charge is -2.34. The Hall–Kier alpha value is -3.06. The summed E-state index contributed by atoms with van der Waals surface area (Å²) in [5.74, 6) is -1.82. The smallest absolute Gasteiger partial charge is 0.341 e. The summed E-state index contributed by atoms with van der Waals surface area (Å²) in [6, 6.07) is 13.0. The van der Waals surface area contributed by atoms with Crippen LogP contribution in [0.5, 0.6) is 0 Å². The van der Waals surface area contributed by atoms with Crippen LogP contribution in [-0.4, -0.2) is 37.8 Å². The summed E-state index contributed by atoms with van der Waals surface area (Å²) in [4.78, 5) is 18.9. The largest absolute Gasteiger partial charge is 0.465 e. The molecule has 0 aliphatic carbocycles. The molecule has 1 aliphatic heterocycles. The Labute approximate surface area is 160 Å². The zero-order valence-electron chi connectivity index (χ0n) is 15.2. The number of fused-ring (bicyclic) bond motifs is 1. The Morgan fingerprint density at radius 1 is 1.18 bits per heavy atom. The van der Waals surface area contributed by atoms with Crippen molar-refractivity contribution < 1.29 is 23.0 Å². The maximum Gasteiger partial charge on any atom is 0.341 e. The minimum absolute atomic E-state index is 0.348. The maximum absolute atomic E-state index is 13.6. The molecule has 0 bridgehead atoms. The Bertz CT molecular complexity index is 1040. The van der Waals surface area contributed by atoms with Gasteiger partial charge in [0.05, 0.1) is 19.2 Å². The summed E-state index contributed by atoms with van der Waals surface area (Å²) in [6.45, 7) is 1.22. The van der Waals surface area contributed by atoms with Gasteiger partial charge in [0, 0.05) is 18.5 Å².